The van der Waals surface area contributed by atoms with Crippen molar-refractivity contribution in [3.63, 3.8) is 0 Å². The second-order valence-corrected chi connectivity index (χ2v) is 9.75. The summed E-state index contributed by atoms with van der Waals surface area (Å²) in [5.74, 6) is 0.00390. The number of sulfone groups is 1. The number of aromatic nitrogens is 2. The van der Waals surface area contributed by atoms with Crippen LogP contribution in [-0.4, -0.2) is 41.7 Å². The van der Waals surface area contributed by atoms with E-state index in [0.717, 1.165) is 6.26 Å². The maximum Gasteiger partial charge on any atom is 0.256 e. The summed E-state index contributed by atoms with van der Waals surface area (Å²) in [6.07, 6.45) is 1.07. The van der Waals surface area contributed by atoms with Gasteiger partial charge in [0.1, 0.15) is 0 Å². The van der Waals surface area contributed by atoms with Crippen LogP contribution in [0, 0.1) is 0 Å². The predicted molar refractivity (Wildman–Crippen MR) is 114 cm³/mol. The molecule has 0 atom stereocenters. The average molecular weight is 468 g/mol. The number of carbonyl (C=O) groups excluding carboxylic acids is 1. The first kappa shape index (κ1) is 22.3. The zero-order chi connectivity index (χ0) is 22.1. The van der Waals surface area contributed by atoms with E-state index < -0.39 is 15.7 Å². The Balaban J connectivity index is 1.91. The van der Waals surface area contributed by atoms with E-state index >= 15 is 0 Å². The maximum absolute atomic E-state index is 13.2. The highest BCUT2D eigenvalue weighted by atomic mass is 35.5. The number of amides is 1. The van der Waals surface area contributed by atoms with E-state index in [1.807, 2.05) is 13.8 Å². The Bertz CT molecular complexity index is 1190. The molecule has 1 amide bonds. The fraction of sp³-hybridized carbons (Fsp3) is 0.250. The normalized spacial score (nSPS) is 11.7. The van der Waals surface area contributed by atoms with Gasteiger partial charge >= 0.3 is 0 Å². The first-order chi connectivity index (χ1) is 14.1. The van der Waals surface area contributed by atoms with Gasteiger partial charge in [-0.15, -0.1) is 10.2 Å². The molecule has 10 heteroatoms. The molecule has 0 fully saturated rings. The van der Waals surface area contributed by atoms with Crippen molar-refractivity contribution < 1.29 is 17.6 Å². The Morgan fingerprint density at radius 3 is 2.43 bits per heavy atom. The molecule has 158 valence electrons. The van der Waals surface area contributed by atoms with Crippen LogP contribution in [-0.2, 0) is 16.4 Å². The largest absolute Gasteiger partial charge is 0.419 e. The van der Waals surface area contributed by atoms with Crippen LogP contribution in [0.5, 0.6) is 0 Å². The quantitative estimate of drug-likeness (QED) is 0.529. The van der Waals surface area contributed by atoms with Gasteiger partial charge in [-0.3, -0.25) is 4.79 Å². The zero-order valence-corrected chi connectivity index (χ0v) is 18.8. The molecule has 7 nitrogen and oxygen atoms in total. The summed E-state index contributed by atoms with van der Waals surface area (Å²) < 4.78 is 29.4. The number of carbonyl (C=O) groups is 1. The van der Waals surface area contributed by atoms with Crippen molar-refractivity contribution >= 4 is 38.9 Å². The van der Waals surface area contributed by atoms with Gasteiger partial charge < -0.3 is 9.32 Å². The van der Waals surface area contributed by atoms with Crippen LogP contribution in [0.3, 0.4) is 0 Å². The lowest BCUT2D eigenvalue weighted by molar-refractivity contribution is 0.0672. The molecule has 0 unspecified atom stereocenters. The maximum atomic E-state index is 13.2. The summed E-state index contributed by atoms with van der Waals surface area (Å²) in [6.45, 7) is 3.66. The fourth-order valence-electron chi connectivity index (χ4n) is 2.75. The Labute approximate surface area is 184 Å². The third-order valence-corrected chi connectivity index (χ3v) is 6.13. The predicted octanol–water partition coefficient (Wildman–Crippen LogP) is 4.50. The smallest absolute Gasteiger partial charge is 0.256 e. The van der Waals surface area contributed by atoms with Crippen LogP contribution >= 0.6 is 23.2 Å². The third kappa shape index (κ3) is 4.83. The second kappa shape index (κ2) is 8.75. The van der Waals surface area contributed by atoms with Crippen molar-refractivity contribution in [1.82, 2.24) is 15.1 Å². The summed E-state index contributed by atoms with van der Waals surface area (Å²) in [5.41, 5.74) is 0.670. The molecule has 0 N–H and O–H groups in total. The first-order valence-electron chi connectivity index (χ1n) is 8.95. The van der Waals surface area contributed by atoms with Crippen molar-refractivity contribution in [2.45, 2.75) is 31.3 Å². The van der Waals surface area contributed by atoms with Crippen molar-refractivity contribution in [3.8, 4) is 11.5 Å². The molecule has 0 radical (unpaired) electrons. The Kier molecular flexibility index (Phi) is 6.50. The Morgan fingerprint density at radius 2 is 1.80 bits per heavy atom. The minimum Gasteiger partial charge on any atom is -0.419 e. The Hall–Kier alpha value is -2.42. The highest BCUT2D eigenvalue weighted by Gasteiger charge is 2.25. The molecule has 0 saturated carbocycles. The topological polar surface area (TPSA) is 93.4 Å². The fourth-order valence-corrected chi connectivity index (χ4v) is 3.81. The van der Waals surface area contributed by atoms with Gasteiger partial charge in [-0.1, -0.05) is 35.3 Å². The SMILES string of the molecule is CC(C)N(Cc1nnc(-c2ccccc2Cl)o1)C(=O)c1cc(S(C)(=O)=O)ccc1Cl. The summed E-state index contributed by atoms with van der Waals surface area (Å²) >= 11 is 12.4. The number of rotatable bonds is 6. The number of benzene rings is 2. The molecule has 3 aromatic rings. The van der Waals surface area contributed by atoms with Gasteiger partial charge in [-0.2, -0.15) is 0 Å². The van der Waals surface area contributed by atoms with Crippen LogP contribution < -0.4 is 0 Å². The number of nitrogens with zero attached hydrogens (tertiary/aromatic N) is 3. The molecule has 0 bridgehead atoms. The van der Waals surface area contributed by atoms with Gasteiger partial charge in [0.05, 0.1) is 32.6 Å². The molecule has 0 spiro atoms. The van der Waals surface area contributed by atoms with Crippen molar-refractivity contribution in [3.05, 3.63) is 64.0 Å². The van der Waals surface area contributed by atoms with Gasteiger partial charge in [-0.05, 0) is 44.2 Å². The Morgan fingerprint density at radius 1 is 1.10 bits per heavy atom. The van der Waals surface area contributed by atoms with Crippen molar-refractivity contribution in [2.24, 2.45) is 0 Å². The average Bonchev–Trinajstić information content (AvgIpc) is 3.13. The summed E-state index contributed by atoms with van der Waals surface area (Å²) in [5, 5.41) is 8.64. The van der Waals surface area contributed by atoms with Gasteiger partial charge in [0.25, 0.3) is 5.91 Å². The van der Waals surface area contributed by atoms with Crippen LogP contribution in [0.2, 0.25) is 10.0 Å². The minimum absolute atomic E-state index is 0.0118. The van der Waals surface area contributed by atoms with Crippen LogP contribution in [0.15, 0.2) is 51.8 Å². The van der Waals surface area contributed by atoms with Crippen LogP contribution in [0.25, 0.3) is 11.5 Å². The number of hydrogen-bond donors (Lipinski definition) is 0. The lowest BCUT2D eigenvalue weighted by Crippen LogP contribution is -2.36. The highest BCUT2D eigenvalue weighted by molar-refractivity contribution is 7.90. The third-order valence-electron chi connectivity index (χ3n) is 4.36. The van der Waals surface area contributed by atoms with E-state index in [2.05, 4.69) is 10.2 Å². The van der Waals surface area contributed by atoms with Gasteiger partial charge in [0.15, 0.2) is 9.84 Å². The monoisotopic (exact) mass is 467 g/mol. The molecule has 1 heterocycles. The van der Waals surface area contributed by atoms with E-state index in [-0.39, 0.29) is 39.8 Å². The van der Waals surface area contributed by atoms with Crippen molar-refractivity contribution in [2.75, 3.05) is 6.26 Å². The van der Waals surface area contributed by atoms with Gasteiger partial charge in [0.2, 0.25) is 11.8 Å². The lowest BCUT2D eigenvalue weighted by atomic mass is 10.1. The standard InChI is InChI=1S/C20H19Cl2N3O4S/c1-12(2)25(20(26)15-10-13(30(3,27)28)8-9-17(15)22)11-18-23-24-19(29-18)14-6-4-5-7-16(14)21/h4-10,12H,11H2,1-3H3. The summed E-state index contributed by atoms with van der Waals surface area (Å²) in [7, 11) is -3.49. The minimum atomic E-state index is -3.49. The molecule has 0 saturated heterocycles. The second-order valence-electron chi connectivity index (χ2n) is 6.92. The molecular formula is C20H19Cl2N3O4S. The van der Waals surface area contributed by atoms with E-state index in [1.54, 1.807) is 24.3 Å². The van der Waals surface area contributed by atoms with E-state index in [0.29, 0.717) is 10.6 Å². The highest BCUT2D eigenvalue weighted by Crippen LogP contribution is 2.27. The molecule has 3 rings (SSSR count). The van der Waals surface area contributed by atoms with Gasteiger partial charge in [-0.25, -0.2) is 8.42 Å². The molecule has 2 aromatic carbocycles. The van der Waals surface area contributed by atoms with Crippen LogP contribution in [0.1, 0.15) is 30.1 Å². The molecule has 0 aliphatic carbocycles. The number of halogens is 2. The molecule has 0 aliphatic rings. The van der Waals surface area contributed by atoms with Crippen LogP contribution in [0.4, 0.5) is 0 Å². The lowest BCUT2D eigenvalue weighted by Gasteiger charge is -2.25. The molecule has 30 heavy (non-hydrogen) atoms. The zero-order valence-electron chi connectivity index (χ0n) is 16.5. The van der Waals surface area contributed by atoms with E-state index in [9.17, 15) is 13.2 Å². The van der Waals surface area contributed by atoms with Gasteiger partial charge in [0, 0.05) is 12.3 Å². The van der Waals surface area contributed by atoms with Crippen molar-refractivity contribution in [1.29, 1.82) is 0 Å². The molecular weight excluding hydrogens is 449 g/mol. The summed E-state index contributed by atoms with van der Waals surface area (Å²) in [6, 6.07) is 10.8. The van der Waals surface area contributed by atoms with E-state index in [1.165, 1.54) is 23.1 Å². The number of hydrogen-bond acceptors (Lipinski definition) is 6. The molecule has 0 aliphatic heterocycles. The first-order valence-corrected chi connectivity index (χ1v) is 11.6. The van der Waals surface area contributed by atoms with E-state index in [4.69, 9.17) is 27.6 Å². The summed E-state index contributed by atoms with van der Waals surface area (Å²) in [4.78, 5) is 14.6. The molecule has 1 aromatic heterocycles.